The summed E-state index contributed by atoms with van der Waals surface area (Å²) in [7, 11) is -1.16. The number of carbonyl (C=O) groups is 1. The fraction of sp³-hybridized carbons (Fsp3) is 0.650. The summed E-state index contributed by atoms with van der Waals surface area (Å²) in [4.78, 5) is 12.8. The molecule has 2 N–H and O–H groups in total. The second-order valence-corrected chi connectivity index (χ2v) is 11.1. The van der Waals surface area contributed by atoms with E-state index in [9.17, 15) is 4.79 Å². The SMILES string of the molecule is CCCC[P+](CCCC)(CCCC)CC(=O)c1ccc(N)cc1. The number of benzene rings is 1. The van der Waals surface area contributed by atoms with E-state index in [1.807, 2.05) is 24.3 Å². The van der Waals surface area contributed by atoms with Gasteiger partial charge in [0.2, 0.25) is 0 Å². The topological polar surface area (TPSA) is 43.1 Å². The molecule has 0 amide bonds. The molecule has 0 radical (unpaired) electrons. The molecule has 0 spiro atoms. The van der Waals surface area contributed by atoms with Gasteiger partial charge in [-0.3, -0.25) is 4.79 Å². The van der Waals surface area contributed by atoms with Crippen LogP contribution in [0.3, 0.4) is 0 Å². The van der Waals surface area contributed by atoms with Crippen LogP contribution < -0.4 is 5.73 Å². The van der Waals surface area contributed by atoms with E-state index in [-0.39, 0.29) is 0 Å². The molecule has 1 aromatic rings. The maximum absolute atomic E-state index is 12.8. The Morgan fingerprint density at radius 3 is 1.70 bits per heavy atom. The van der Waals surface area contributed by atoms with Gasteiger partial charge in [-0.05, 0) is 43.5 Å². The first-order valence-electron chi connectivity index (χ1n) is 9.30. The monoisotopic (exact) mass is 336 g/mol. The molecule has 0 aliphatic heterocycles. The van der Waals surface area contributed by atoms with Crippen molar-refractivity contribution in [2.75, 3.05) is 30.4 Å². The lowest BCUT2D eigenvalue weighted by molar-refractivity contribution is 0.102. The lowest BCUT2D eigenvalue weighted by Gasteiger charge is -2.27. The Hall–Kier alpha value is -0.880. The predicted molar refractivity (Wildman–Crippen MR) is 106 cm³/mol. The molecule has 0 heterocycles. The summed E-state index contributed by atoms with van der Waals surface area (Å²) in [5, 5.41) is 0. The van der Waals surface area contributed by atoms with Crippen molar-refractivity contribution in [1.82, 2.24) is 0 Å². The molecule has 0 saturated heterocycles. The molecule has 1 rings (SSSR count). The van der Waals surface area contributed by atoms with Crippen LogP contribution in [0, 0.1) is 0 Å². The normalized spacial score (nSPS) is 11.6. The summed E-state index contributed by atoms with van der Waals surface area (Å²) >= 11 is 0. The largest absolute Gasteiger partial charge is 0.399 e. The minimum Gasteiger partial charge on any atom is -0.399 e. The van der Waals surface area contributed by atoms with Gasteiger partial charge in [0.1, 0.15) is 6.16 Å². The third-order valence-corrected chi connectivity index (χ3v) is 9.42. The second kappa shape index (κ2) is 10.8. The van der Waals surface area contributed by atoms with E-state index in [4.69, 9.17) is 5.73 Å². The highest BCUT2D eigenvalue weighted by Crippen LogP contribution is 2.60. The van der Waals surface area contributed by atoms with Crippen molar-refractivity contribution in [1.29, 1.82) is 0 Å². The molecular weight excluding hydrogens is 301 g/mol. The van der Waals surface area contributed by atoms with E-state index in [1.165, 1.54) is 57.0 Å². The average molecular weight is 336 g/mol. The minimum atomic E-state index is -1.16. The summed E-state index contributed by atoms with van der Waals surface area (Å²) in [5.41, 5.74) is 7.32. The zero-order valence-electron chi connectivity index (χ0n) is 15.3. The van der Waals surface area contributed by atoms with Crippen molar-refractivity contribution in [2.24, 2.45) is 0 Å². The number of hydrogen-bond donors (Lipinski definition) is 1. The highest BCUT2D eigenvalue weighted by atomic mass is 31.2. The maximum Gasteiger partial charge on any atom is 0.199 e. The van der Waals surface area contributed by atoms with Gasteiger partial charge < -0.3 is 5.73 Å². The summed E-state index contributed by atoms with van der Waals surface area (Å²) < 4.78 is 0. The van der Waals surface area contributed by atoms with Gasteiger partial charge in [-0.1, -0.05) is 40.0 Å². The highest BCUT2D eigenvalue weighted by molar-refractivity contribution is 7.76. The molecule has 23 heavy (non-hydrogen) atoms. The zero-order valence-corrected chi connectivity index (χ0v) is 16.2. The van der Waals surface area contributed by atoms with Gasteiger partial charge in [-0.25, -0.2) is 0 Å². The number of hydrogen-bond acceptors (Lipinski definition) is 2. The van der Waals surface area contributed by atoms with Gasteiger partial charge in [-0.15, -0.1) is 0 Å². The molecule has 0 aromatic heterocycles. The Kier molecular flexibility index (Phi) is 9.48. The van der Waals surface area contributed by atoms with Crippen LogP contribution in [0.4, 0.5) is 5.69 Å². The first-order valence-corrected chi connectivity index (χ1v) is 11.8. The van der Waals surface area contributed by atoms with Gasteiger partial charge in [0, 0.05) is 18.5 Å². The van der Waals surface area contributed by atoms with Crippen LogP contribution in [0.5, 0.6) is 0 Å². The van der Waals surface area contributed by atoms with E-state index in [0.717, 1.165) is 17.4 Å². The number of nitrogens with two attached hydrogens (primary N) is 1. The number of carbonyl (C=O) groups excluding carboxylic acids is 1. The summed E-state index contributed by atoms with van der Waals surface area (Å²) in [6.45, 7) is 6.78. The quantitative estimate of drug-likeness (QED) is 0.295. The van der Waals surface area contributed by atoms with Crippen LogP contribution in [0.2, 0.25) is 0 Å². The van der Waals surface area contributed by atoms with E-state index < -0.39 is 7.26 Å². The van der Waals surface area contributed by atoms with E-state index in [0.29, 0.717) is 5.78 Å². The van der Waals surface area contributed by atoms with E-state index in [2.05, 4.69) is 20.8 Å². The molecule has 130 valence electrons. The highest BCUT2D eigenvalue weighted by Gasteiger charge is 2.38. The van der Waals surface area contributed by atoms with Gasteiger partial charge in [-0.2, -0.15) is 0 Å². The summed E-state index contributed by atoms with van der Waals surface area (Å²) in [6.07, 6.45) is 12.2. The van der Waals surface area contributed by atoms with Crippen LogP contribution in [-0.2, 0) is 0 Å². The van der Waals surface area contributed by atoms with Gasteiger partial charge in [0.25, 0.3) is 0 Å². The molecular formula is C20H35NOP+. The maximum atomic E-state index is 12.8. The molecule has 1 aromatic carbocycles. The number of ketones is 1. The smallest absolute Gasteiger partial charge is 0.199 e. The van der Waals surface area contributed by atoms with Crippen molar-refractivity contribution in [2.45, 2.75) is 59.3 Å². The fourth-order valence-corrected chi connectivity index (χ4v) is 8.02. The molecule has 0 saturated carbocycles. The Balaban J connectivity index is 2.90. The van der Waals surface area contributed by atoms with Crippen molar-refractivity contribution >= 4 is 18.7 Å². The number of anilines is 1. The Labute approximate surface area is 143 Å². The fourth-order valence-electron chi connectivity index (χ4n) is 3.12. The number of Topliss-reactive ketones (excluding diaryl/α,β-unsaturated/α-hetero) is 1. The van der Waals surface area contributed by atoms with Crippen molar-refractivity contribution in [3.05, 3.63) is 29.8 Å². The van der Waals surface area contributed by atoms with Crippen LogP contribution >= 0.6 is 7.26 Å². The Morgan fingerprint density at radius 1 is 0.870 bits per heavy atom. The summed E-state index contributed by atoms with van der Waals surface area (Å²) in [5.74, 6) is 0.335. The van der Waals surface area contributed by atoms with Crippen LogP contribution in [0.15, 0.2) is 24.3 Å². The van der Waals surface area contributed by atoms with Crippen LogP contribution in [0.25, 0.3) is 0 Å². The van der Waals surface area contributed by atoms with Crippen molar-refractivity contribution in [3.8, 4) is 0 Å². The third kappa shape index (κ3) is 7.04. The standard InChI is InChI=1S/C20H34NOP/c1-4-7-14-23(15-8-5-2,16-9-6-3)17-20(22)18-10-12-19(21)13-11-18/h10-13H,4-9,14-17H2,1-3H3,(H-,21,22)/p+1. The van der Waals surface area contributed by atoms with Gasteiger partial charge in [0.15, 0.2) is 5.78 Å². The molecule has 3 heteroatoms. The summed E-state index contributed by atoms with van der Waals surface area (Å²) in [6, 6.07) is 7.48. The van der Waals surface area contributed by atoms with Gasteiger partial charge >= 0.3 is 0 Å². The molecule has 0 atom stereocenters. The first kappa shape index (κ1) is 20.2. The molecule has 0 fully saturated rings. The molecule has 0 unspecified atom stereocenters. The predicted octanol–water partition coefficient (Wildman–Crippen LogP) is 5.87. The van der Waals surface area contributed by atoms with Crippen molar-refractivity contribution in [3.63, 3.8) is 0 Å². The van der Waals surface area contributed by atoms with Crippen LogP contribution in [0.1, 0.15) is 69.7 Å². The lowest BCUT2D eigenvalue weighted by atomic mass is 10.1. The van der Waals surface area contributed by atoms with Crippen LogP contribution in [-0.4, -0.2) is 30.4 Å². The minimum absolute atomic E-state index is 0.335. The Bertz CT molecular complexity index is 433. The number of unbranched alkanes of at least 4 members (excludes halogenated alkanes) is 3. The number of nitrogen functional groups attached to an aromatic ring is 1. The third-order valence-electron chi connectivity index (χ3n) is 4.67. The molecule has 0 bridgehead atoms. The zero-order chi connectivity index (χ0) is 17.1. The molecule has 0 aliphatic carbocycles. The Morgan fingerprint density at radius 2 is 1.30 bits per heavy atom. The second-order valence-electron chi connectivity index (χ2n) is 6.78. The van der Waals surface area contributed by atoms with Gasteiger partial charge in [0.05, 0.1) is 18.5 Å². The lowest BCUT2D eigenvalue weighted by Crippen LogP contribution is -2.18. The number of rotatable bonds is 12. The van der Waals surface area contributed by atoms with E-state index in [1.54, 1.807) is 0 Å². The first-order chi connectivity index (χ1) is 11.1. The van der Waals surface area contributed by atoms with E-state index >= 15 is 0 Å². The average Bonchev–Trinajstić information content (AvgIpc) is 2.56. The molecule has 0 aliphatic rings. The molecule has 2 nitrogen and oxygen atoms in total. The van der Waals surface area contributed by atoms with Crippen molar-refractivity contribution < 1.29 is 4.79 Å².